The van der Waals surface area contributed by atoms with Crippen molar-refractivity contribution in [2.75, 3.05) is 25.1 Å². The Labute approximate surface area is 147 Å². The van der Waals surface area contributed by atoms with Crippen LogP contribution in [0.4, 0.5) is 19.0 Å². The summed E-state index contributed by atoms with van der Waals surface area (Å²) in [5.74, 6) is 1.17. The lowest BCUT2D eigenvalue weighted by atomic mass is 10.0. The van der Waals surface area contributed by atoms with E-state index in [1.54, 1.807) is 7.11 Å². The summed E-state index contributed by atoms with van der Waals surface area (Å²) in [6.07, 6.45) is -3.16. The molecule has 25 heavy (non-hydrogen) atoms. The average molecular weight is 376 g/mol. The van der Waals surface area contributed by atoms with E-state index in [0.717, 1.165) is 23.7 Å². The summed E-state index contributed by atoms with van der Waals surface area (Å²) >= 11 is 6.04. The second kappa shape index (κ2) is 6.84. The molecule has 0 radical (unpaired) electrons. The molecule has 0 bridgehead atoms. The maximum Gasteiger partial charge on any atom is 0.417 e. The lowest BCUT2D eigenvalue weighted by molar-refractivity contribution is -0.137. The van der Waals surface area contributed by atoms with Crippen LogP contribution in [-0.4, -0.2) is 36.4 Å². The fraction of sp³-hybridized carbons (Fsp3) is 0.500. The van der Waals surface area contributed by atoms with Crippen molar-refractivity contribution in [1.82, 2.24) is 10.1 Å². The van der Waals surface area contributed by atoms with Gasteiger partial charge in [-0.25, -0.2) is 4.98 Å². The van der Waals surface area contributed by atoms with Gasteiger partial charge in [-0.3, -0.25) is 0 Å². The number of halogens is 4. The second-order valence-corrected chi connectivity index (χ2v) is 6.51. The van der Waals surface area contributed by atoms with Gasteiger partial charge in [0.25, 0.3) is 0 Å². The summed E-state index contributed by atoms with van der Waals surface area (Å²) in [6.45, 7) is 2.89. The maximum atomic E-state index is 12.8. The molecule has 1 aliphatic rings. The van der Waals surface area contributed by atoms with E-state index in [1.165, 1.54) is 0 Å². The van der Waals surface area contributed by atoms with Crippen LogP contribution in [0.3, 0.4) is 0 Å². The molecular formula is C16H17ClF3N3O2. The lowest BCUT2D eigenvalue weighted by Crippen LogP contribution is -2.24. The minimum Gasteiger partial charge on any atom is -0.379 e. The predicted molar refractivity (Wildman–Crippen MR) is 85.7 cm³/mol. The zero-order chi connectivity index (χ0) is 18.2. The van der Waals surface area contributed by atoms with Crippen LogP contribution >= 0.6 is 11.6 Å². The number of methoxy groups -OCH3 is 1. The third kappa shape index (κ3) is 3.90. The highest BCUT2D eigenvalue weighted by atomic mass is 35.5. The highest BCUT2D eigenvalue weighted by Gasteiger charge is 2.36. The van der Waals surface area contributed by atoms with Gasteiger partial charge in [0.1, 0.15) is 11.6 Å². The van der Waals surface area contributed by atoms with Crippen LogP contribution in [0.15, 0.2) is 22.9 Å². The van der Waals surface area contributed by atoms with Gasteiger partial charge in [-0.15, -0.1) is 0 Å². The van der Waals surface area contributed by atoms with Crippen LogP contribution in [0.5, 0.6) is 0 Å². The van der Waals surface area contributed by atoms with E-state index in [-0.39, 0.29) is 17.0 Å². The van der Waals surface area contributed by atoms with Gasteiger partial charge in [-0.05, 0) is 13.0 Å². The standard InChI is InChI=1S/C16H17ClF3N3O2/c1-9-3-12(25-22-9)4-10-7-23(8-14(10)24-2)15-13(17)5-11(6-21-15)16(18,19)20/h3,5-6,10,14H,4,7-8H2,1-2H3. The average Bonchev–Trinajstić information content (AvgIpc) is 3.12. The third-order valence-corrected chi connectivity index (χ3v) is 4.55. The number of alkyl halides is 3. The Bertz CT molecular complexity index is 750. The zero-order valence-corrected chi connectivity index (χ0v) is 14.4. The molecule has 2 aromatic heterocycles. The van der Waals surface area contributed by atoms with E-state index in [2.05, 4.69) is 10.1 Å². The molecule has 2 unspecified atom stereocenters. The first-order valence-corrected chi connectivity index (χ1v) is 8.08. The third-order valence-electron chi connectivity index (χ3n) is 4.27. The summed E-state index contributed by atoms with van der Waals surface area (Å²) in [6, 6.07) is 2.76. The number of aromatic nitrogens is 2. The highest BCUT2D eigenvalue weighted by Crippen LogP contribution is 2.36. The van der Waals surface area contributed by atoms with Gasteiger partial charge in [0, 0.05) is 44.8 Å². The molecule has 1 fully saturated rings. The first kappa shape index (κ1) is 18.0. The van der Waals surface area contributed by atoms with Crippen LogP contribution in [0, 0.1) is 12.8 Å². The normalized spacial score (nSPS) is 21.1. The van der Waals surface area contributed by atoms with Crippen LogP contribution < -0.4 is 4.90 Å². The molecule has 0 amide bonds. The number of hydrogen-bond acceptors (Lipinski definition) is 5. The molecule has 0 aliphatic carbocycles. The van der Waals surface area contributed by atoms with Crippen molar-refractivity contribution in [2.24, 2.45) is 5.92 Å². The number of aryl methyl sites for hydroxylation is 1. The van der Waals surface area contributed by atoms with Crippen molar-refractivity contribution in [3.8, 4) is 0 Å². The summed E-state index contributed by atoms with van der Waals surface area (Å²) in [7, 11) is 1.61. The predicted octanol–water partition coefficient (Wildman–Crippen LogP) is 3.74. The maximum absolute atomic E-state index is 12.8. The van der Waals surface area contributed by atoms with E-state index in [4.69, 9.17) is 20.9 Å². The number of nitrogens with zero attached hydrogens (tertiary/aromatic N) is 3. The molecule has 5 nitrogen and oxygen atoms in total. The molecule has 2 atom stereocenters. The Kier molecular flexibility index (Phi) is 4.92. The van der Waals surface area contributed by atoms with E-state index in [1.807, 2.05) is 17.9 Å². The van der Waals surface area contributed by atoms with Gasteiger partial charge < -0.3 is 14.2 Å². The zero-order valence-electron chi connectivity index (χ0n) is 13.7. The summed E-state index contributed by atoms with van der Waals surface area (Å²) in [5, 5.41) is 3.84. The van der Waals surface area contributed by atoms with Crippen molar-refractivity contribution >= 4 is 17.4 Å². The monoisotopic (exact) mass is 375 g/mol. The molecule has 0 aromatic carbocycles. The summed E-state index contributed by atoms with van der Waals surface area (Å²) in [4.78, 5) is 5.76. The van der Waals surface area contributed by atoms with Crippen LogP contribution in [0.1, 0.15) is 17.0 Å². The van der Waals surface area contributed by atoms with E-state index >= 15 is 0 Å². The molecule has 0 spiro atoms. The Hall–Kier alpha value is -1.80. The SMILES string of the molecule is COC1CN(c2ncc(C(F)(F)F)cc2Cl)CC1Cc1cc(C)no1. The number of hydrogen-bond donors (Lipinski definition) is 0. The molecule has 2 aromatic rings. The van der Waals surface area contributed by atoms with Gasteiger partial charge in [0.05, 0.1) is 22.4 Å². The van der Waals surface area contributed by atoms with Gasteiger partial charge in [0.15, 0.2) is 0 Å². The van der Waals surface area contributed by atoms with Gasteiger partial charge >= 0.3 is 6.18 Å². The highest BCUT2D eigenvalue weighted by molar-refractivity contribution is 6.33. The van der Waals surface area contributed by atoms with Gasteiger partial charge in [0.2, 0.25) is 0 Å². The van der Waals surface area contributed by atoms with Crippen molar-refractivity contribution in [2.45, 2.75) is 25.6 Å². The molecule has 136 valence electrons. The van der Waals surface area contributed by atoms with Crippen molar-refractivity contribution in [3.05, 3.63) is 40.4 Å². The van der Waals surface area contributed by atoms with E-state index in [0.29, 0.717) is 25.3 Å². The molecule has 9 heteroatoms. The summed E-state index contributed by atoms with van der Waals surface area (Å²) in [5.41, 5.74) is -0.0660. The quantitative estimate of drug-likeness (QED) is 0.814. The number of pyridine rings is 1. The van der Waals surface area contributed by atoms with Crippen LogP contribution in [-0.2, 0) is 17.3 Å². The Morgan fingerprint density at radius 1 is 1.36 bits per heavy atom. The molecule has 1 aliphatic heterocycles. The molecule has 3 heterocycles. The molecular weight excluding hydrogens is 359 g/mol. The van der Waals surface area contributed by atoms with Gasteiger partial charge in [-0.1, -0.05) is 16.8 Å². The first-order chi connectivity index (χ1) is 11.8. The fourth-order valence-electron chi connectivity index (χ4n) is 3.07. The van der Waals surface area contributed by atoms with Gasteiger partial charge in [-0.2, -0.15) is 13.2 Å². The second-order valence-electron chi connectivity index (χ2n) is 6.11. The first-order valence-electron chi connectivity index (χ1n) is 7.70. The van der Waals surface area contributed by atoms with Crippen molar-refractivity contribution in [3.63, 3.8) is 0 Å². The minimum absolute atomic E-state index is 0.0270. The van der Waals surface area contributed by atoms with E-state index in [9.17, 15) is 13.2 Å². The molecule has 1 saturated heterocycles. The largest absolute Gasteiger partial charge is 0.417 e. The van der Waals surface area contributed by atoms with Crippen molar-refractivity contribution in [1.29, 1.82) is 0 Å². The lowest BCUT2D eigenvalue weighted by Gasteiger charge is -2.19. The number of ether oxygens (including phenoxy) is 1. The summed E-state index contributed by atoms with van der Waals surface area (Å²) < 4.78 is 49.0. The Morgan fingerprint density at radius 3 is 2.68 bits per heavy atom. The topological polar surface area (TPSA) is 51.4 Å². The number of anilines is 1. The Morgan fingerprint density at radius 2 is 2.12 bits per heavy atom. The number of rotatable bonds is 4. The Balaban J connectivity index is 1.77. The smallest absolute Gasteiger partial charge is 0.379 e. The fourth-order valence-corrected chi connectivity index (χ4v) is 3.35. The van der Waals surface area contributed by atoms with E-state index < -0.39 is 11.7 Å². The van der Waals surface area contributed by atoms with Crippen LogP contribution in [0.25, 0.3) is 0 Å². The van der Waals surface area contributed by atoms with Crippen molar-refractivity contribution < 1.29 is 22.4 Å². The molecule has 0 N–H and O–H groups in total. The van der Waals surface area contributed by atoms with Crippen LogP contribution in [0.2, 0.25) is 5.02 Å². The molecule has 3 rings (SSSR count). The minimum atomic E-state index is -4.47. The molecule has 0 saturated carbocycles.